The molecule has 0 bridgehead atoms. The smallest absolute Gasteiger partial charge is 0.183 e. The van der Waals surface area contributed by atoms with Crippen LogP contribution < -0.4 is 0 Å². The molecule has 0 aromatic carbocycles. The highest BCUT2D eigenvalue weighted by Gasteiger charge is 2.19. The van der Waals surface area contributed by atoms with E-state index in [0.717, 1.165) is 25.7 Å². The Labute approximate surface area is 93.5 Å². The average molecular weight is 209 g/mol. The predicted octanol–water partition coefficient (Wildman–Crippen LogP) is 3.42. The van der Waals surface area contributed by atoms with Gasteiger partial charge in [-0.15, -0.1) is 0 Å². The largest absolute Gasteiger partial charge is 0.292 e. The molecule has 0 aliphatic rings. The summed E-state index contributed by atoms with van der Waals surface area (Å²) in [5.41, 5.74) is 0.615. The first kappa shape index (κ1) is 14.1. The number of hydrogen-bond acceptors (Lipinski definition) is 2. The fourth-order valence-electron chi connectivity index (χ4n) is 1.74. The second kappa shape index (κ2) is 8.39. The molecule has 0 N–H and O–H groups in total. The zero-order valence-corrected chi connectivity index (χ0v) is 10.4. The van der Waals surface area contributed by atoms with Gasteiger partial charge in [-0.2, -0.15) is 0 Å². The fraction of sp³-hybridized carbons (Fsp3) is 0.692. The van der Waals surface area contributed by atoms with Crippen molar-refractivity contribution in [1.29, 1.82) is 0 Å². The number of ketones is 1. The summed E-state index contributed by atoms with van der Waals surface area (Å²) >= 11 is 0. The van der Waals surface area contributed by atoms with E-state index in [0.29, 0.717) is 5.71 Å². The van der Waals surface area contributed by atoms with Crippen molar-refractivity contribution in [3.8, 4) is 0 Å². The molecule has 0 saturated carbocycles. The van der Waals surface area contributed by atoms with Crippen molar-refractivity contribution in [3.05, 3.63) is 12.2 Å². The van der Waals surface area contributed by atoms with E-state index in [4.69, 9.17) is 0 Å². The molecular weight excluding hydrogens is 186 g/mol. The first-order valence-electron chi connectivity index (χ1n) is 5.84. The molecule has 0 atom stereocenters. The van der Waals surface area contributed by atoms with Gasteiger partial charge in [0.1, 0.15) is 0 Å². The van der Waals surface area contributed by atoms with Crippen LogP contribution in [0.5, 0.6) is 0 Å². The summed E-state index contributed by atoms with van der Waals surface area (Å²) in [4.78, 5) is 16.1. The van der Waals surface area contributed by atoms with Gasteiger partial charge in [0.05, 0.1) is 5.71 Å². The second-order valence-corrected chi connectivity index (χ2v) is 3.75. The third kappa shape index (κ3) is 4.91. The maximum atomic E-state index is 12.1. The Balaban J connectivity index is 4.59. The minimum Gasteiger partial charge on any atom is -0.292 e. The van der Waals surface area contributed by atoms with Crippen LogP contribution in [-0.2, 0) is 4.79 Å². The van der Waals surface area contributed by atoms with Crippen LogP contribution in [-0.4, -0.2) is 18.5 Å². The Morgan fingerprint density at radius 1 is 1.27 bits per heavy atom. The molecule has 0 unspecified atom stereocenters. The Morgan fingerprint density at radius 2 is 1.80 bits per heavy atom. The van der Waals surface area contributed by atoms with Crippen LogP contribution in [0.15, 0.2) is 17.1 Å². The van der Waals surface area contributed by atoms with E-state index in [1.807, 2.05) is 13.0 Å². The standard InChI is InChI=1S/C13H23NO/c1-5-8-11(9-6-2)13(15)12(14-4)10-7-3/h7,10-11H,5-6,8-9H2,1-4H3/b10-7-,14-12?. The molecule has 0 radical (unpaired) electrons. The normalized spacial score (nSPS) is 12.7. The van der Waals surface area contributed by atoms with E-state index in [1.165, 1.54) is 0 Å². The van der Waals surface area contributed by atoms with Gasteiger partial charge in [-0.3, -0.25) is 9.79 Å². The van der Waals surface area contributed by atoms with Crippen molar-refractivity contribution < 1.29 is 4.79 Å². The van der Waals surface area contributed by atoms with Crippen LogP contribution in [0.4, 0.5) is 0 Å². The van der Waals surface area contributed by atoms with Crippen molar-refractivity contribution in [2.24, 2.45) is 10.9 Å². The summed E-state index contributed by atoms with van der Waals surface area (Å²) in [6, 6.07) is 0. The van der Waals surface area contributed by atoms with Crippen LogP contribution in [0.2, 0.25) is 0 Å². The van der Waals surface area contributed by atoms with Crippen molar-refractivity contribution in [2.45, 2.75) is 46.5 Å². The number of allylic oxidation sites excluding steroid dienone is 2. The second-order valence-electron chi connectivity index (χ2n) is 3.75. The maximum absolute atomic E-state index is 12.1. The number of rotatable bonds is 7. The molecule has 15 heavy (non-hydrogen) atoms. The van der Waals surface area contributed by atoms with E-state index >= 15 is 0 Å². The molecule has 2 nitrogen and oxygen atoms in total. The van der Waals surface area contributed by atoms with Gasteiger partial charge in [-0.05, 0) is 25.8 Å². The molecule has 0 fully saturated rings. The lowest BCUT2D eigenvalue weighted by molar-refractivity contribution is -0.116. The van der Waals surface area contributed by atoms with Gasteiger partial charge < -0.3 is 0 Å². The summed E-state index contributed by atoms with van der Waals surface area (Å²) in [6.45, 7) is 6.15. The molecule has 0 aromatic heterocycles. The summed E-state index contributed by atoms with van der Waals surface area (Å²) in [5, 5.41) is 0. The quantitative estimate of drug-likeness (QED) is 0.591. The van der Waals surface area contributed by atoms with Crippen molar-refractivity contribution >= 4 is 11.5 Å². The van der Waals surface area contributed by atoms with Crippen LogP contribution >= 0.6 is 0 Å². The maximum Gasteiger partial charge on any atom is 0.183 e. The summed E-state index contributed by atoms with van der Waals surface area (Å²) in [6.07, 6.45) is 7.74. The number of carbonyl (C=O) groups is 1. The molecule has 0 heterocycles. The first-order valence-corrected chi connectivity index (χ1v) is 5.84. The Morgan fingerprint density at radius 3 is 2.13 bits per heavy atom. The van der Waals surface area contributed by atoms with Crippen LogP contribution in [0, 0.1) is 5.92 Å². The van der Waals surface area contributed by atoms with Crippen LogP contribution in [0.25, 0.3) is 0 Å². The number of hydrogen-bond donors (Lipinski definition) is 0. The van der Waals surface area contributed by atoms with E-state index in [2.05, 4.69) is 18.8 Å². The fourth-order valence-corrected chi connectivity index (χ4v) is 1.74. The van der Waals surface area contributed by atoms with Crippen LogP contribution in [0.3, 0.4) is 0 Å². The van der Waals surface area contributed by atoms with Crippen LogP contribution in [0.1, 0.15) is 46.5 Å². The van der Waals surface area contributed by atoms with Crippen molar-refractivity contribution in [2.75, 3.05) is 7.05 Å². The Kier molecular flexibility index (Phi) is 7.88. The number of carbonyl (C=O) groups excluding carboxylic acids is 1. The number of nitrogens with zero attached hydrogens (tertiary/aromatic N) is 1. The lowest BCUT2D eigenvalue weighted by Gasteiger charge is -2.13. The molecule has 0 aromatic rings. The van der Waals surface area contributed by atoms with Gasteiger partial charge in [-0.1, -0.05) is 32.8 Å². The first-order chi connectivity index (χ1) is 7.21. The molecule has 0 amide bonds. The van der Waals surface area contributed by atoms with Gasteiger partial charge in [-0.25, -0.2) is 0 Å². The SMILES string of the molecule is C/C=C\C(=NC)C(=O)C(CCC)CCC. The summed E-state index contributed by atoms with van der Waals surface area (Å²) < 4.78 is 0. The van der Waals surface area contributed by atoms with Gasteiger partial charge in [0.15, 0.2) is 5.78 Å². The van der Waals surface area contributed by atoms with Gasteiger partial charge in [0, 0.05) is 13.0 Å². The average Bonchev–Trinajstić information content (AvgIpc) is 2.24. The molecule has 0 saturated heterocycles. The summed E-state index contributed by atoms with van der Waals surface area (Å²) in [7, 11) is 1.68. The zero-order valence-electron chi connectivity index (χ0n) is 10.4. The number of aliphatic imine (C=N–C) groups is 1. The van der Waals surface area contributed by atoms with E-state index in [1.54, 1.807) is 13.1 Å². The van der Waals surface area contributed by atoms with Gasteiger partial charge in [0.25, 0.3) is 0 Å². The van der Waals surface area contributed by atoms with E-state index in [-0.39, 0.29) is 11.7 Å². The third-order valence-electron chi connectivity index (χ3n) is 2.46. The minimum atomic E-state index is 0.162. The van der Waals surface area contributed by atoms with Gasteiger partial charge >= 0.3 is 0 Å². The minimum absolute atomic E-state index is 0.162. The van der Waals surface area contributed by atoms with Crippen molar-refractivity contribution in [3.63, 3.8) is 0 Å². The monoisotopic (exact) mass is 209 g/mol. The molecule has 0 spiro atoms. The highest BCUT2D eigenvalue weighted by Crippen LogP contribution is 2.15. The topological polar surface area (TPSA) is 29.4 Å². The Hall–Kier alpha value is -0.920. The third-order valence-corrected chi connectivity index (χ3v) is 2.46. The highest BCUT2D eigenvalue weighted by molar-refractivity contribution is 6.44. The lowest BCUT2D eigenvalue weighted by Crippen LogP contribution is -2.22. The molecule has 2 heteroatoms. The van der Waals surface area contributed by atoms with Gasteiger partial charge in [0.2, 0.25) is 0 Å². The van der Waals surface area contributed by atoms with Crippen molar-refractivity contribution in [1.82, 2.24) is 0 Å². The molecular formula is C13H23NO. The lowest BCUT2D eigenvalue weighted by atomic mass is 9.91. The predicted molar refractivity (Wildman–Crippen MR) is 66.5 cm³/mol. The molecule has 0 aliphatic carbocycles. The zero-order chi connectivity index (χ0) is 11.7. The number of Topliss-reactive ketones (excluding diaryl/α,β-unsaturated/α-hetero) is 1. The molecule has 86 valence electrons. The molecule has 0 aliphatic heterocycles. The summed E-state index contributed by atoms with van der Waals surface area (Å²) in [5.74, 6) is 0.370. The van der Waals surface area contributed by atoms with E-state index in [9.17, 15) is 4.79 Å². The Bertz CT molecular complexity index is 235. The molecule has 0 rings (SSSR count). The van der Waals surface area contributed by atoms with E-state index < -0.39 is 0 Å². The highest BCUT2D eigenvalue weighted by atomic mass is 16.1.